The molecule has 0 radical (unpaired) electrons. The van der Waals surface area contributed by atoms with Crippen LogP contribution in [0.4, 0.5) is 0 Å². The predicted octanol–water partition coefficient (Wildman–Crippen LogP) is 1.72. The highest BCUT2D eigenvalue weighted by molar-refractivity contribution is 7.88. The maximum Gasteiger partial charge on any atom is 0.218 e. The van der Waals surface area contributed by atoms with Gasteiger partial charge in [-0.15, -0.1) is 0 Å². The summed E-state index contributed by atoms with van der Waals surface area (Å²) >= 11 is 0. The first-order valence-electron chi connectivity index (χ1n) is 6.71. The molecule has 106 valence electrons. The van der Waals surface area contributed by atoms with Crippen LogP contribution in [0.15, 0.2) is 24.3 Å². The fourth-order valence-corrected chi connectivity index (χ4v) is 3.79. The first-order valence-corrected chi connectivity index (χ1v) is 8.32. The average Bonchev–Trinajstić information content (AvgIpc) is 2.27. The molecule has 1 aromatic rings. The average molecular weight is 282 g/mol. The quantitative estimate of drug-likeness (QED) is 0.864. The molecule has 1 fully saturated rings. The highest BCUT2D eigenvalue weighted by atomic mass is 32.2. The Morgan fingerprint density at radius 3 is 2.58 bits per heavy atom. The van der Waals surface area contributed by atoms with E-state index in [4.69, 9.17) is 0 Å². The molecule has 0 atom stereocenters. The summed E-state index contributed by atoms with van der Waals surface area (Å²) in [4.78, 5) is 0. The standard InChI is InChI=1S/C14H22N2O2S/c1-15-10-12-5-3-6-13(9-12)11-19(17,18)16(2)14-7-4-8-14/h3,5-6,9,14-15H,4,7-8,10-11H2,1-2H3. The third-order valence-electron chi connectivity index (χ3n) is 3.75. The molecule has 0 aliphatic heterocycles. The summed E-state index contributed by atoms with van der Waals surface area (Å²) in [6.45, 7) is 0.756. The minimum Gasteiger partial charge on any atom is -0.316 e. The number of nitrogens with zero attached hydrogens (tertiary/aromatic N) is 1. The lowest BCUT2D eigenvalue weighted by Gasteiger charge is -2.33. The van der Waals surface area contributed by atoms with Gasteiger partial charge in [-0.2, -0.15) is 0 Å². The second-order valence-electron chi connectivity index (χ2n) is 5.21. The number of rotatable bonds is 6. The summed E-state index contributed by atoms with van der Waals surface area (Å²) in [6, 6.07) is 7.97. The molecule has 1 N–H and O–H groups in total. The molecule has 4 nitrogen and oxygen atoms in total. The largest absolute Gasteiger partial charge is 0.316 e. The molecule has 0 saturated heterocycles. The molecular weight excluding hydrogens is 260 g/mol. The maximum absolute atomic E-state index is 12.3. The summed E-state index contributed by atoms with van der Waals surface area (Å²) < 4.78 is 26.2. The Balaban J connectivity index is 2.08. The van der Waals surface area contributed by atoms with Gasteiger partial charge in [0.25, 0.3) is 0 Å². The van der Waals surface area contributed by atoms with Gasteiger partial charge in [-0.1, -0.05) is 30.7 Å². The van der Waals surface area contributed by atoms with Gasteiger partial charge in [-0.3, -0.25) is 0 Å². The van der Waals surface area contributed by atoms with Crippen LogP contribution in [0.25, 0.3) is 0 Å². The van der Waals surface area contributed by atoms with Crippen molar-refractivity contribution in [2.45, 2.75) is 37.6 Å². The van der Waals surface area contributed by atoms with Crippen molar-refractivity contribution in [2.24, 2.45) is 0 Å². The first-order chi connectivity index (χ1) is 9.03. The van der Waals surface area contributed by atoms with Gasteiger partial charge >= 0.3 is 0 Å². The molecule has 19 heavy (non-hydrogen) atoms. The van der Waals surface area contributed by atoms with E-state index < -0.39 is 10.0 Å². The van der Waals surface area contributed by atoms with Crippen LogP contribution in [-0.4, -0.2) is 32.9 Å². The number of hydrogen-bond acceptors (Lipinski definition) is 3. The van der Waals surface area contributed by atoms with Gasteiger partial charge in [0.2, 0.25) is 10.0 Å². The molecule has 5 heteroatoms. The first kappa shape index (κ1) is 14.5. The maximum atomic E-state index is 12.3. The van der Waals surface area contributed by atoms with Crippen molar-refractivity contribution < 1.29 is 8.42 Å². The third kappa shape index (κ3) is 3.55. The van der Waals surface area contributed by atoms with Gasteiger partial charge in [0.05, 0.1) is 5.75 Å². The van der Waals surface area contributed by atoms with Crippen LogP contribution in [0, 0.1) is 0 Å². The van der Waals surface area contributed by atoms with Crippen molar-refractivity contribution in [1.82, 2.24) is 9.62 Å². The molecule has 0 spiro atoms. The highest BCUT2D eigenvalue weighted by Crippen LogP contribution is 2.26. The van der Waals surface area contributed by atoms with E-state index in [2.05, 4.69) is 5.32 Å². The van der Waals surface area contributed by atoms with E-state index in [1.54, 1.807) is 11.4 Å². The zero-order valence-corrected chi connectivity index (χ0v) is 12.4. The van der Waals surface area contributed by atoms with Gasteiger partial charge in [0.1, 0.15) is 0 Å². The second kappa shape index (κ2) is 6.03. The van der Waals surface area contributed by atoms with Crippen molar-refractivity contribution in [3.05, 3.63) is 35.4 Å². The lowest BCUT2D eigenvalue weighted by Crippen LogP contribution is -2.41. The van der Waals surface area contributed by atoms with E-state index >= 15 is 0 Å². The van der Waals surface area contributed by atoms with Crippen LogP contribution in [-0.2, 0) is 22.3 Å². The summed E-state index contributed by atoms with van der Waals surface area (Å²) in [5.41, 5.74) is 1.97. The molecule has 2 rings (SSSR count). The molecule has 1 aromatic carbocycles. The normalized spacial score (nSPS) is 16.6. The van der Waals surface area contributed by atoms with Crippen LogP contribution in [0.3, 0.4) is 0 Å². The molecule has 1 aliphatic carbocycles. The van der Waals surface area contributed by atoms with Crippen LogP contribution < -0.4 is 5.32 Å². The Hall–Kier alpha value is -0.910. The fourth-order valence-electron chi connectivity index (χ4n) is 2.32. The van der Waals surface area contributed by atoms with Gasteiger partial charge in [0, 0.05) is 19.6 Å². The number of hydrogen-bond donors (Lipinski definition) is 1. The van der Waals surface area contributed by atoms with Crippen molar-refractivity contribution in [2.75, 3.05) is 14.1 Å². The van der Waals surface area contributed by atoms with Crippen LogP contribution in [0.5, 0.6) is 0 Å². The SMILES string of the molecule is CNCc1cccc(CS(=O)(=O)N(C)C2CCC2)c1. The van der Waals surface area contributed by atoms with Crippen molar-refractivity contribution in [1.29, 1.82) is 0 Å². The number of nitrogens with one attached hydrogen (secondary N) is 1. The zero-order valence-electron chi connectivity index (χ0n) is 11.6. The Labute approximate surface area is 115 Å². The molecule has 0 unspecified atom stereocenters. The van der Waals surface area contributed by atoms with Crippen LogP contribution in [0.1, 0.15) is 30.4 Å². The lowest BCUT2D eigenvalue weighted by molar-refractivity contribution is 0.249. The van der Waals surface area contributed by atoms with E-state index in [0.29, 0.717) is 0 Å². The summed E-state index contributed by atoms with van der Waals surface area (Å²) in [5.74, 6) is 0.0948. The van der Waals surface area contributed by atoms with E-state index in [1.807, 2.05) is 31.3 Å². The van der Waals surface area contributed by atoms with Gasteiger partial charge in [-0.05, 0) is 31.0 Å². The lowest BCUT2D eigenvalue weighted by atomic mass is 9.94. The number of benzene rings is 1. The monoisotopic (exact) mass is 282 g/mol. The predicted molar refractivity (Wildman–Crippen MR) is 77.2 cm³/mol. The summed E-state index contributed by atoms with van der Waals surface area (Å²) in [5, 5.41) is 3.07. The summed E-state index contributed by atoms with van der Waals surface area (Å²) in [7, 11) is 0.395. The zero-order chi connectivity index (χ0) is 13.9. The Bertz CT molecular complexity index is 524. The summed E-state index contributed by atoms with van der Waals surface area (Å²) in [6.07, 6.45) is 3.13. The molecule has 0 amide bonds. The van der Waals surface area contributed by atoms with Crippen molar-refractivity contribution in [3.63, 3.8) is 0 Å². The molecule has 0 heterocycles. The Morgan fingerprint density at radius 1 is 1.32 bits per heavy atom. The minimum absolute atomic E-state index is 0.0948. The molecule has 1 aliphatic rings. The smallest absolute Gasteiger partial charge is 0.218 e. The van der Waals surface area contributed by atoms with Gasteiger partial charge in [0.15, 0.2) is 0 Å². The highest BCUT2D eigenvalue weighted by Gasteiger charge is 2.30. The fraction of sp³-hybridized carbons (Fsp3) is 0.571. The molecule has 1 saturated carbocycles. The second-order valence-corrected chi connectivity index (χ2v) is 7.24. The minimum atomic E-state index is -3.19. The number of sulfonamides is 1. The topological polar surface area (TPSA) is 49.4 Å². The van der Waals surface area contributed by atoms with Gasteiger partial charge < -0.3 is 5.32 Å². The van der Waals surface area contributed by atoms with E-state index in [-0.39, 0.29) is 11.8 Å². The van der Waals surface area contributed by atoms with Gasteiger partial charge in [-0.25, -0.2) is 12.7 Å². The van der Waals surface area contributed by atoms with Crippen LogP contribution in [0.2, 0.25) is 0 Å². The molecule has 0 aromatic heterocycles. The van der Waals surface area contributed by atoms with E-state index in [1.165, 1.54) is 0 Å². The van der Waals surface area contributed by atoms with Crippen molar-refractivity contribution >= 4 is 10.0 Å². The van der Waals surface area contributed by atoms with E-state index in [0.717, 1.165) is 36.9 Å². The van der Waals surface area contributed by atoms with Crippen molar-refractivity contribution in [3.8, 4) is 0 Å². The molecular formula is C14H22N2O2S. The Kier molecular flexibility index (Phi) is 4.60. The third-order valence-corrected chi connectivity index (χ3v) is 5.62. The van der Waals surface area contributed by atoms with E-state index in [9.17, 15) is 8.42 Å². The Morgan fingerprint density at radius 2 is 2.00 bits per heavy atom. The molecule has 0 bridgehead atoms. The van der Waals surface area contributed by atoms with Crippen LogP contribution >= 0.6 is 0 Å².